The number of carbonyl (C=O) groups excluding carboxylic acids is 1. The molecule has 7 nitrogen and oxygen atoms in total. The summed E-state index contributed by atoms with van der Waals surface area (Å²) in [7, 11) is 0.651. The molecule has 0 saturated carbocycles. The van der Waals surface area contributed by atoms with E-state index in [9.17, 15) is 13.2 Å². The Bertz CT molecular complexity index is 820. The second-order valence-corrected chi connectivity index (χ2v) is 7.35. The van der Waals surface area contributed by atoms with Crippen molar-refractivity contribution in [3.8, 4) is 5.75 Å². The van der Waals surface area contributed by atoms with Crippen LogP contribution in [0.2, 0.25) is 0 Å². The highest BCUT2D eigenvalue weighted by atomic mass is 32.2. The Morgan fingerprint density at radius 1 is 1.29 bits per heavy atom. The lowest BCUT2D eigenvalue weighted by Gasteiger charge is -2.14. The number of benzene rings is 1. The van der Waals surface area contributed by atoms with Gasteiger partial charge in [0.25, 0.3) is 5.91 Å². The van der Waals surface area contributed by atoms with Gasteiger partial charge in [0.05, 0.1) is 17.6 Å². The quantitative estimate of drug-likeness (QED) is 0.848. The number of pyridine rings is 1. The zero-order chi connectivity index (χ0) is 17.7. The van der Waals surface area contributed by atoms with Crippen molar-refractivity contribution in [1.82, 2.24) is 14.6 Å². The molecule has 1 amide bonds. The molecule has 1 aromatic carbocycles. The molecule has 0 spiro atoms. The zero-order valence-corrected chi connectivity index (χ0v) is 14.5. The number of sulfonamides is 1. The van der Waals surface area contributed by atoms with Crippen molar-refractivity contribution >= 4 is 15.9 Å². The summed E-state index contributed by atoms with van der Waals surface area (Å²) < 4.78 is 30.7. The normalized spacial score (nSPS) is 11.3. The van der Waals surface area contributed by atoms with E-state index >= 15 is 0 Å². The minimum Gasteiger partial charge on any atom is -0.496 e. The van der Waals surface area contributed by atoms with Crippen molar-refractivity contribution in [2.45, 2.75) is 11.4 Å². The van der Waals surface area contributed by atoms with Gasteiger partial charge in [0.1, 0.15) is 5.75 Å². The van der Waals surface area contributed by atoms with E-state index in [0.29, 0.717) is 5.75 Å². The third kappa shape index (κ3) is 3.90. The van der Waals surface area contributed by atoms with Crippen molar-refractivity contribution in [2.24, 2.45) is 0 Å². The lowest BCUT2D eigenvalue weighted by Crippen LogP contribution is -2.25. The average Bonchev–Trinajstić information content (AvgIpc) is 2.59. The van der Waals surface area contributed by atoms with E-state index in [1.54, 1.807) is 18.5 Å². The van der Waals surface area contributed by atoms with Gasteiger partial charge in [-0.15, -0.1) is 0 Å². The number of rotatable bonds is 6. The number of hydrogen-bond donors (Lipinski definition) is 1. The molecule has 0 aliphatic carbocycles. The molecule has 0 fully saturated rings. The van der Waals surface area contributed by atoms with Gasteiger partial charge in [0, 0.05) is 33.0 Å². The topological polar surface area (TPSA) is 88.6 Å². The predicted octanol–water partition coefficient (Wildman–Crippen LogP) is 1.27. The second kappa shape index (κ2) is 7.41. The highest BCUT2D eigenvalue weighted by Crippen LogP contribution is 2.23. The first-order valence-electron chi connectivity index (χ1n) is 7.14. The van der Waals surface area contributed by atoms with Crippen LogP contribution in [0.3, 0.4) is 0 Å². The zero-order valence-electron chi connectivity index (χ0n) is 13.7. The molecule has 2 rings (SSSR count). The summed E-state index contributed by atoms with van der Waals surface area (Å²) in [5.41, 5.74) is 0.992. The molecule has 1 N–H and O–H groups in total. The van der Waals surface area contributed by atoms with E-state index in [1.165, 1.54) is 39.4 Å². The largest absolute Gasteiger partial charge is 0.496 e. The summed E-state index contributed by atoms with van der Waals surface area (Å²) in [4.78, 5) is 16.4. The second-order valence-electron chi connectivity index (χ2n) is 5.19. The van der Waals surface area contributed by atoms with Gasteiger partial charge in [-0.1, -0.05) is 6.07 Å². The third-order valence-electron chi connectivity index (χ3n) is 3.37. The summed E-state index contributed by atoms with van der Waals surface area (Å²) >= 11 is 0. The number of methoxy groups -OCH3 is 1. The molecule has 0 atom stereocenters. The highest BCUT2D eigenvalue weighted by Gasteiger charge is 2.21. The van der Waals surface area contributed by atoms with Crippen LogP contribution in [-0.2, 0) is 16.6 Å². The molecule has 128 valence electrons. The Labute approximate surface area is 141 Å². The number of carbonyl (C=O) groups is 1. The molecular formula is C16H19N3O4S. The molecule has 0 bridgehead atoms. The highest BCUT2D eigenvalue weighted by molar-refractivity contribution is 7.89. The van der Waals surface area contributed by atoms with Gasteiger partial charge in [0.2, 0.25) is 10.0 Å². The molecular weight excluding hydrogens is 330 g/mol. The van der Waals surface area contributed by atoms with E-state index in [1.807, 2.05) is 6.07 Å². The molecule has 0 radical (unpaired) electrons. The van der Waals surface area contributed by atoms with Gasteiger partial charge >= 0.3 is 0 Å². The Morgan fingerprint density at radius 3 is 2.62 bits per heavy atom. The Balaban J connectivity index is 2.28. The lowest BCUT2D eigenvalue weighted by molar-refractivity contribution is 0.0947. The average molecular weight is 349 g/mol. The maximum Gasteiger partial charge on any atom is 0.255 e. The number of nitrogens with zero attached hydrogens (tertiary/aromatic N) is 2. The van der Waals surface area contributed by atoms with Gasteiger partial charge in [-0.3, -0.25) is 9.78 Å². The van der Waals surface area contributed by atoms with Crippen LogP contribution < -0.4 is 10.1 Å². The third-order valence-corrected chi connectivity index (χ3v) is 5.18. The number of nitrogens with one attached hydrogen (secondary N) is 1. The number of hydrogen-bond acceptors (Lipinski definition) is 5. The maximum absolute atomic E-state index is 12.4. The molecule has 24 heavy (non-hydrogen) atoms. The number of amides is 1. The van der Waals surface area contributed by atoms with Crippen molar-refractivity contribution in [3.63, 3.8) is 0 Å². The first-order valence-corrected chi connectivity index (χ1v) is 8.58. The Morgan fingerprint density at radius 2 is 2.04 bits per heavy atom. The number of aromatic nitrogens is 1. The molecule has 0 aliphatic rings. The van der Waals surface area contributed by atoms with Crippen LogP contribution in [0.1, 0.15) is 15.9 Å². The lowest BCUT2D eigenvalue weighted by atomic mass is 10.2. The minimum atomic E-state index is -3.64. The minimum absolute atomic E-state index is 0.0276. The number of ether oxygens (including phenoxy) is 1. The van der Waals surface area contributed by atoms with Crippen LogP contribution in [0.5, 0.6) is 5.75 Å². The van der Waals surface area contributed by atoms with Crippen LogP contribution in [-0.4, -0.2) is 44.8 Å². The molecule has 1 aromatic heterocycles. The summed E-state index contributed by atoms with van der Waals surface area (Å²) in [5.74, 6) is -0.122. The van der Waals surface area contributed by atoms with Gasteiger partial charge in [0.15, 0.2) is 0 Å². The predicted molar refractivity (Wildman–Crippen MR) is 89.3 cm³/mol. The summed E-state index contributed by atoms with van der Waals surface area (Å²) in [6, 6.07) is 7.79. The van der Waals surface area contributed by atoms with Crippen LogP contribution in [0.4, 0.5) is 0 Å². The van der Waals surface area contributed by atoms with Crippen LogP contribution in [0, 0.1) is 0 Å². The van der Waals surface area contributed by atoms with Crippen LogP contribution >= 0.6 is 0 Å². The van der Waals surface area contributed by atoms with E-state index < -0.39 is 15.9 Å². The van der Waals surface area contributed by atoms with Gasteiger partial charge in [-0.25, -0.2) is 12.7 Å². The first kappa shape index (κ1) is 17.9. The van der Waals surface area contributed by atoms with Gasteiger partial charge in [-0.05, 0) is 29.8 Å². The smallest absolute Gasteiger partial charge is 0.255 e. The SMILES string of the molecule is COc1ccc(S(=O)(=O)N(C)C)cc1C(=O)NCc1cccnc1. The molecule has 0 saturated heterocycles. The van der Waals surface area contributed by atoms with E-state index in [0.717, 1.165) is 9.87 Å². The molecule has 2 aromatic rings. The fourth-order valence-electron chi connectivity index (χ4n) is 2.02. The van der Waals surface area contributed by atoms with Gasteiger partial charge < -0.3 is 10.1 Å². The van der Waals surface area contributed by atoms with Crippen molar-refractivity contribution in [1.29, 1.82) is 0 Å². The van der Waals surface area contributed by atoms with E-state index in [4.69, 9.17) is 4.74 Å². The van der Waals surface area contributed by atoms with Crippen molar-refractivity contribution in [3.05, 3.63) is 53.9 Å². The van der Waals surface area contributed by atoms with Gasteiger partial charge in [-0.2, -0.15) is 0 Å². The van der Waals surface area contributed by atoms with Crippen molar-refractivity contribution < 1.29 is 17.9 Å². The standard InChI is InChI=1S/C16H19N3O4S/c1-19(2)24(21,22)13-6-7-15(23-3)14(9-13)16(20)18-11-12-5-4-8-17-10-12/h4-10H,11H2,1-3H3,(H,18,20). The van der Waals surface area contributed by atoms with E-state index in [2.05, 4.69) is 10.3 Å². The summed E-state index contributed by atoms with van der Waals surface area (Å²) in [5, 5.41) is 2.73. The fraction of sp³-hybridized carbons (Fsp3) is 0.250. The monoisotopic (exact) mass is 349 g/mol. The molecule has 1 heterocycles. The summed E-state index contributed by atoms with van der Waals surface area (Å²) in [6.45, 7) is 0.278. The maximum atomic E-state index is 12.4. The van der Waals surface area contributed by atoms with E-state index in [-0.39, 0.29) is 17.0 Å². The first-order chi connectivity index (χ1) is 11.4. The molecule has 0 unspecified atom stereocenters. The summed E-state index contributed by atoms with van der Waals surface area (Å²) in [6.07, 6.45) is 3.29. The van der Waals surface area contributed by atoms with Crippen LogP contribution in [0.15, 0.2) is 47.6 Å². The van der Waals surface area contributed by atoms with Crippen molar-refractivity contribution in [2.75, 3.05) is 21.2 Å². The Hall–Kier alpha value is -2.45. The fourth-order valence-corrected chi connectivity index (χ4v) is 2.94. The van der Waals surface area contributed by atoms with Crippen LogP contribution in [0.25, 0.3) is 0 Å². The molecule has 0 aliphatic heterocycles. The Kier molecular flexibility index (Phi) is 5.53. The molecule has 8 heteroatoms.